The topological polar surface area (TPSA) is 101 Å². The van der Waals surface area contributed by atoms with Crippen molar-refractivity contribution in [2.75, 3.05) is 0 Å². The van der Waals surface area contributed by atoms with Crippen LogP contribution < -0.4 is 5.73 Å². The molecule has 1 fully saturated rings. The number of carbonyl (C=O) groups is 2. The van der Waals surface area contributed by atoms with Gasteiger partial charge in [-0.1, -0.05) is 12.2 Å². The fourth-order valence-corrected chi connectivity index (χ4v) is 2.02. The Bertz CT molecular complexity index is 298. The second-order valence-electron chi connectivity index (χ2n) is 3.97. The van der Waals surface area contributed by atoms with E-state index in [4.69, 9.17) is 15.9 Å². The number of nitrogens with two attached hydrogens (primary N) is 1. The highest BCUT2D eigenvalue weighted by atomic mass is 16.4. The Kier molecular flexibility index (Phi) is 3.47. The van der Waals surface area contributed by atoms with Crippen LogP contribution in [0.4, 0.5) is 0 Å². The maximum Gasteiger partial charge on any atom is 0.320 e. The van der Waals surface area contributed by atoms with Crippen molar-refractivity contribution in [3.05, 3.63) is 12.2 Å². The largest absolute Gasteiger partial charge is 0.481 e. The van der Waals surface area contributed by atoms with Crippen LogP contribution in [0.2, 0.25) is 0 Å². The van der Waals surface area contributed by atoms with Gasteiger partial charge in [-0.05, 0) is 19.3 Å². The van der Waals surface area contributed by atoms with Crippen LogP contribution in [0.1, 0.15) is 19.3 Å². The molecule has 15 heavy (non-hydrogen) atoms. The van der Waals surface area contributed by atoms with E-state index in [1.807, 2.05) is 0 Å². The number of hydrogen-bond acceptors (Lipinski definition) is 3. The molecule has 1 saturated carbocycles. The highest BCUT2D eigenvalue weighted by Crippen LogP contribution is 2.34. The third-order valence-corrected chi connectivity index (χ3v) is 2.91. The van der Waals surface area contributed by atoms with Crippen LogP contribution in [0.3, 0.4) is 0 Å². The standard InChI is InChI=1S/C10H15NO4/c1-5-2-3-6(9(12)13)7(4-5)8(11)10(14)15/h6-8H,1-4,11H2,(H,12,13)(H,14,15)/t6-,7+,8-/m0/s1. The van der Waals surface area contributed by atoms with E-state index < -0.39 is 29.8 Å². The average Bonchev–Trinajstić information content (AvgIpc) is 2.15. The molecule has 0 aromatic carbocycles. The predicted molar refractivity (Wildman–Crippen MR) is 53.2 cm³/mol. The summed E-state index contributed by atoms with van der Waals surface area (Å²) in [6, 6.07) is -1.12. The molecule has 0 aliphatic heterocycles. The zero-order valence-electron chi connectivity index (χ0n) is 8.35. The quantitative estimate of drug-likeness (QED) is 0.591. The Morgan fingerprint density at radius 1 is 1.47 bits per heavy atom. The fraction of sp³-hybridized carbons (Fsp3) is 0.600. The van der Waals surface area contributed by atoms with Gasteiger partial charge in [-0.2, -0.15) is 0 Å². The van der Waals surface area contributed by atoms with Gasteiger partial charge in [0.05, 0.1) is 5.92 Å². The summed E-state index contributed by atoms with van der Waals surface area (Å²) in [5.74, 6) is -3.33. The highest BCUT2D eigenvalue weighted by Gasteiger charge is 2.38. The second-order valence-corrected chi connectivity index (χ2v) is 3.97. The summed E-state index contributed by atoms with van der Waals surface area (Å²) >= 11 is 0. The van der Waals surface area contributed by atoms with Crippen molar-refractivity contribution in [2.24, 2.45) is 17.6 Å². The molecule has 0 saturated heterocycles. The maximum atomic E-state index is 10.9. The molecule has 0 aromatic heterocycles. The first-order valence-corrected chi connectivity index (χ1v) is 4.81. The lowest BCUT2D eigenvalue weighted by Crippen LogP contribution is -2.45. The Hall–Kier alpha value is -1.36. The number of carboxylic acid groups (broad SMARTS) is 2. The molecule has 4 N–H and O–H groups in total. The molecule has 0 unspecified atom stereocenters. The Morgan fingerprint density at radius 2 is 2.07 bits per heavy atom. The minimum atomic E-state index is -1.15. The Balaban J connectivity index is 2.83. The molecule has 1 aliphatic rings. The van der Waals surface area contributed by atoms with Crippen LogP contribution in [0.15, 0.2) is 12.2 Å². The van der Waals surface area contributed by atoms with E-state index in [9.17, 15) is 9.59 Å². The van der Waals surface area contributed by atoms with Crippen molar-refractivity contribution < 1.29 is 19.8 Å². The van der Waals surface area contributed by atoms with Gasteiger partial charge in [0.15, 0.2) is 0 Å². The Morgan fingerprint density at radius 3 is 2.53 bits per heavy atom. The lowest BCUT2D eigenvalue weighted by Gasteiger charge is -2.32. The maximum absolute atomic E-state index is 10.9. The number of rotatable bonds is 3. The summed E-state index contributed by atoms with van der Waals surface area (Å²) < 4.78 is 0. The summed E-state index contributed by atoms with van der Waals surface area (Å²) in [7, 11) is 0. The van der Waals surface area contributed by atoms with E-state index in [-0.39, 0.29) is 0 Å². The molecule has 0 radical (unpaired) electrons. The summed E-state index contributed by atoms with van der Waals surface area (Å²) in [4.78, 5) is 21.6. The van der Waals surface area contributed by atoms with E-state index in [2.05, 4.69) is 6.58 Å². The van der Waals surface area contributed by atoms with Crippen molar-refractivity contribution in [3.63, 3.8) is 0 Å². The van der Waals surface area contributed by atoms with Crippen LogP contribution in [0.5, 0.6) is 0 Å². The predicted octanol–water partition coefficient (Wildman–Crippen LogP) is 0.455. The zero-order valence-corrected chi connectivity index (χ0v) is 8.35. The molecule has 0 amide bonds. The van der Waals surface area contributed by atoms with Gasteiger partial charge in [0.25, 0.3) is 0 Å². The van der Waals surface area contributed by atoms with Crippen molar-refractivity contribution >= 4 is 11.9 Å². The van der Waals surface area contributed by atoms with Crippen LogP contribution in [-0.2, 0) is 9.59 Å². The summed E-state index contributed by atoms with van der Waals surface area (Å²) in [6.07, 6.45) is 1.46. The lowest BCUT2D eigenvalue weighted by molar-refractivity contribution is -0.147. The van der Waals surface area contributed by atoms with E-state index in [0.29, 0.717) is 19.3 Å². The van der Waals surface area contributed by atoms with Crippen LogP contribution in [0.25, 0.3) is 0 Å². The van der Waals surface area contributed by atoms with E-state index in [1.54, 1.807) is 0 Å². The zero-order chi connectivity index (χ0) is 11.6. The minimum Gasteiger partial charge on any atom is -0.481 e. The van der Waals surface area contributed by atoms with Gasteiger partial charge in [-0.25, -0.2) is 0 Å². The van der Waals surface area contributed by atoms with Crippen LogP contribution in [0, 0.1) is 11.8 Å². The molecule has 84 valence electrons. The molecule has 5 heteroatoms. The third kappa shape index (κ3) is 2.56. The first kappa shape index (κ1) is 11.7. The molecule has 0 spiro atoms. The van der Waals surface area contributed by atoms with E-state index in [1.165, 1.54) is 0 Å². The molecular formula is C10H15NO4. The highest BCUT2D eigenvalue weighted by molar-refractivity contribution is 5.77. The third-order valence-electron chi connectivity index (χ3n) is 2.91. The number of carboxylic acids is 2. The van der Waals surface area contributed by atoms with Gasteiger partial charge in [0, 0.05) is 5.92 Å². The summed E-state index contributed by atoms with van der Waals surface area (Å²) in [5, 5.41) is 17.7. The molecule has 1 rings (SSSR count). The van der Waals surface area contributed by atoms with Crippen LogP contribution in [-0.4, -0.2) is 28.2 Å². The number of aliphatic carboxylic acids is 2. The Labute approximate surface area is 87.6 Å². The average molecular weight is 213 g/mol. The van der Waals surface area contributed by atoms with E-state index in [0.717, 1.165) is 5.57 Å². The van der Waals surface area contributed by atoms with Gasteiger partial charge in [0.2, 0.25) is 0 Å². The molecule has 0 bridgehead atoms. The lowest BCUT2D eigenvalue weighted by atomic mass is 9.74. The first-order valence-electron chi connectivity index (χ1n) is 4.81. The molecular weight excluding hydrogens is 198 g/mol. The van der Waals surface area contributed by atoms with Gasteiger partial charge >= 0.3 is 11.9 Å². The second kappa shape index (κ2) is 4.44. The number of hydrogen-bond donors (Lipinski definition) is 3. The number of allylic oxidation sites excluding steroid dienone is 1. The SMILES string of the molecule is C=C1CC[C@H](C(=O)O)[C@H]([C@H](N)C(=O)O)C1. The monoisotopic (exact) mass is 213 g/mol. The van der Waals surface area contributed by atoms with Crippen molar-refractivity contribution in [1.82, 2.24) is 0 Å². The van der Waals surface area contributed by atoms with Crippen molar-refractivity contribution in [3.8, 4) is 0 Å². The van der Waals surface area contributed by atoms with Gasteiger partial charge < -0.3 is 15.9 Å². The molecule has 5 nitrogen and oxygen atoms in total. The summed E-state index contributed by atoms with van der Waals surface area (Å²) in [5.41, 5.74) is 6.36. The summed E-state index contributed by atoms with van der Waals surface area (Å²) in [6.45, 7) is 3.76. The van der Waals surface area contributed by atoms with Crippen LogP contribution >= 0.6 is 0 Å². The normalized spacial score (nSPS) is 28.5. The van der Waals surface area contributed by atoms with Crippen molar-refractivity contribution in [2.45, 2.75) is 25.3 Å². The van der Waals surface area contributed by atoms with Gasteiger partial charge in [-0.3, -0.25) is 9.59 Å². The smallest absolute Gasteiger partial charge is 0.320 e. The molecule has 3 atom stereocenters. The minimum absolute atomic E-state index is 0.393. The molecule has 0 heterocycles. The molecule has 0 aromatic rings. The van der Waals surface area contributed by atoms with E-state index >= 15 is 0 Å². The van der Waals surface area contributed by atoms with Gasteiger partial charge in [-0.15, -0.1) is 0 Å². The van der Waals surface area contributed by atoms with Gasteiger partial charge in [0.1, 0.15) is 6.04 Å². The molecule has 1 aliphatic carbocycles. The first-order chi connectivity index (χ1) is 6.93. The fourth-order valence-electron chi connectivity index (χ4n) is 2.02. The van der Waals surface area contributed by atoms with Crippen molar-refractivity contribution in [1.29, 1.82) is 0 Å².